The maximum absolute atomic E-state index is 11.0. The van der Waals surface area contributed by atoms with Gasteiger partial charge < -0.3 is 0 Å². The van der Waals surface area contributed by atoms with Gasteiger partial charge in [-0.15, -0.1) is 0 Å². The molecule has 4 nitrogen and oxygen atoms in total. The Morgan fingerprint density at radius 2 is 0.929 bits per heavy atom. The Morgan fingerprint density at radius 1 is 0.548 bits per heavy atom. The third kappa shape index (κ3) is 7.20. The van der Waals surface area contributed by atoms with Gasteiger partial charge in [0.2, 0.25) is 0 Å². The molecule has 0 aliphatic rings. The SMILES string of the molecule is CC(C)[O][Ti]([OH])([OH])[O]c1ccc(C(C)(C)c2ccccc2)c(C(C)(C)c2ccccc2)c1C(C)(C)c1ccccc1.[Ti]. The molecule has 0 radical (unpaired) electrons. The summed E-state index contributed by atoms with van der Waals surface area (Å²) < 4.78 is 33.8. The standard InChI is InChI=1S/C33H36O.C3H7O.2H2O.2Ti/c1-31(2,24-16-10-7-11-17-24)27-22-23-28(34)30(33(5,6)26-20-14-9-15-21-26)29(27)32(3,4)25-18-12-8-13-19-25;1-3(2)4;;;;/h7-23,34H,1-6H3;3H,1-2H3;2*1H2;;/q;-1;;;;+4/p-3. The average molecular weight is 636 g/mol. The molecule has 0 heterocycles. The second-order valence-corrected chi connectivity index (χ2v) is 15.1. The van der Waals surface area contributed by atoms with E-state index in [1.54, 1.807) is 13.8 Å². The molecule has 0 amide bonds. The van der Waals surface area contributed by atoms with Crippen LogP contribution in [0.5, 0.6) is 5.75 Å². The Hall–Kier alpha value is -2.01. The summed E-state index contributed by atoms with van der Waals surface area (Å²) in [7, 11) is 0. The van der Waals surface area contributed by atoms with E-state index in [4.69, 9.17) is 6.64 Å². The van der Waals surface area contributed by atoms with Crippen LogP contribution in [-0.4, -0.2) is 13.5 Å². The van der Waals surface area contributed by atoms with Gasteiger partial charge in [-0.25, -0.2) is 0 Å². The zero-order valence-electron chi connectivity index (χ0n) is 26.1. The summed E-state index contributed by atoms with van der Waals surface area (Å²) in [5, 5.41) is 0. The summed E-state index contributed by atoms with van der Waals surface area (Å²) >= 11 is -5.10. The zero-order chi connectivity index (χ0) is 30.1. The van der Waals surface area contributed by atoms with E-state index >= 15 is 0 Å². The molecule has 0 fully saturated rings. The second kappa shape index (κ2) is 13.3. The minimum atomic E-state index is -5.10. The van der Waals surface area contributed by atoms with Crippen molar-refractivity contribution in [2.24, 2.45) is 0 Å². The van der Waals surface area contributed by atoms with Crippen molar-refractivity contribution in [2.75, 3.05) is 0 Å². The predicted molar refractivity (Wildman–Crippen MR) is 163 cm³/mol. The Morgan fingerprint density at radius 3 is 1.33 bits per heavy atom. The van der Waals surface area contributed by atoms with Crippen molar-refractivity contribution >= 4 is 0 Å². The van der Waals surface area contributed by atoms with E-state index in [0.29, 0.717) is 5.75 Å². The summed E-state index contributed by atoms with van der Waals surface area (Å²) in [6.45, 7) is 16.9. The monoisotopic (exact) mass is 636 g/mol. The molecule has 4 aromatic carbocycles. The normalized spacial score (nSPS) is 12.6. The summed E-state index contributed by atoms with van der Waals surface area (Å²) in [6, 6.07) is 35.4. The fourth-order valence-corrected chi connectivity index (χ4v) is 7.69. The third-order valence-corrected chi connectivity index (χ3v) is 10.2. The molecule has 0 saturated carbocycles. The molecule has 2 N–H and O–H groups in total. The van der Waals surface area contributed by atoms with Gasteiger partial charge in [-0.3, -0.25) is 0 Å². The number of benzene rings is 4. The van der Waals surface area contributed by atoms with E-state index < -0.39 is 29.0 Å². The summed E-state index contributed by atoms with van der Waals surface area (Å²) in [6.07, 6.45) is -0.382. The van der Waals surface area contributed by atoms with E-state index in [2.05, 4.69) is 108 Å². The van der Waals surface area contributed by atoms with Crippen molar-refractivity contribution in [3.05, 3.63) is 137 Å². The van der Waals surface area contributed by atoms with Gasteiger partial charge in [0, 0.05) is 21.7 Å². The Kier molecular flexibility index (Phi) is 10.9. The molecule has 0 bridgehead atoms. The van der Waals surface area contributed by atoms with Crippen LogP contribution in [0.25, 0.3) is 0 Å². The van der Waals surface area contributed by atoms with Gasteiger partial charge in [-0.2, -0.15) is 0 Å². The van der Waals surface area contributed by atoms with Crippen molar-refractivity contribution in [3.63, 3.8) is 0 Å². The molecule has 4 aromatic rings. The van der Waals surface area contributed by atoms with Crippen LogP contribution in [-0.2, 0) is 59.4 Å². The molecule has 0 aromatic heterocycles. The average Bonchev–Trinajstić information content (AvgIpc) is 2.93. The minimum absolute atomic E-state index is 0. The summed E-state index contributed by atoms with van der Waals surface area (Å²) in [4.78, 5) is 0. The van der Waals surface area contributed by atoms with Gasteiger partial charge in [-0.05, 0) is 0 Å². The van der Waals surface area contributed by atoms with Crippen molar-refractivity contribution in [1.29, 1.82) is 0 Å². The first kappa shape index (κ1) is 34.5. The zero-order valence-corrected chi connectivity index (χ0v) is 29.2. The van der Waals surface area contributed by atoms with Crippen LogP contribution >= 0.6 is 0 Å². The topological polar surface area (TPSA) is 58.9 Å². The molecule has 0 unspecified atom stereocenters. The van der Waals surface area contributed by atoms with E-state index in [1.807, 2.05) is 36.4 Å². The largest absolute Gasteiger partial charge is 0 e. The molecular formula is C36H44O4Ti2. The van der Waals surface area contributed by atoms with Crippen LogP contribution in [0.15, 0.2) is 103 Å². The third-order valence-electron chi connectivity index (χ3n) is 8.21. The van der Waals surface area contributed by atoms with Crippen molar-refractivity contribution < 1.29 is 53.9 Å². The molecule has 42 heavy (non-hydrogen) atoms. The predicted octanol–water partition coefficient (Wildman–Crippen LogP) is 8.26. The Bertz CT molecular complexity index is 1450. The number of rotatable bonds is 10. The van der Waals surface area contributed by atoms with Crippen molar-refractivity contribution in [3.8, 4) is 5.75 Å². The van der Waals surface area contributed by atoms with Crippen LogP contribution in [0.3, 0.4) is 0 Å². The molecule has 6 heteroatoms. The molecule has 0 aliphatic carbocycles. The second-order valence-electron chi connectivity index (χ2n) is 12.7. The Balaban J connectivity index is 0.00000484. The van der Waals surface area contributed by atoms with Gasteiger partial charge in [-0.1, -0.05) is 0 Å². The van der Waals surface area contributed by atoms with E-state index in [-0.39, 0.29) is 33.2 Å². The van der Waals surface area contributed by atoms with Crippen LogP contribution in [0.1, 0.15) is 88.8 Å². The van der Waals surface area contributed by atoms with E-state index in [9.17, 15) is 7.38 Å². The maximum Gasteiger partial charge on any atom is 0 e. The molecule has 0 atom stereocenters. The minimum Gasteiger partial charge on any atom is 0 e. The number of hydrogen-bond acceptors (Lipinski definition) is 4. The molecule has 0 spiro atoms. The first-order valence-electron chi connectivity index (χ1n) is 14.3. The fourth-order valence-electron chi connectivity index (χ4n) is 5.94. The van der Waals surface area contributed by atoms with Crippen LogP contribution in [0.4, 0.5) is 0 Å². The molecular weight excluding hydrogens is 592 g/mol. The van der Waals surface area contributed by atoms with Crippen LogP contribution in [0, 0.1) is 0 Å². The first-order chi connectivity index (χ1) is 19.2. The molecule has 220 valence electrons. The van der Waals surface area contributed by atoms with Gasteiger partial charge in [0.05, 0.1) is 0 Å². The van der Waals surface area contributed by atoms with Gasteiger partial charge in [0.15, 0.2) is 0 Å². The van der Waals surface area contributed by atoms with Gasteiger partial charge in [0.25, 0.3) is 0 Å². The Labute approximate surface area is 272 Å². The van der Waals surface area contributed by atoms with Crippen LogP contribution in [0.2, 0.25) is 0 Å². The van der Waals surface area contributed by atoms with Gasteiger partial charge >= 0.3 is 252 Å². The van der Waals surface area contributed by atoms with E-state index in [1.165, 1.54) is 5.56 Å². The summed E-state index contributed by atoms with van der Waals surface area (Å²) in [5.74, 6) is 0.441. The van der Waals surface area contributed by atoms with Crippen LogP contribution < -0.4 is 3.32 Å². The quantitative estimate of drug-likeness (QED) is 0.172. The van der Waals surface area contributed by atoms with Gasteiger partial charge in [0.1, 0.15) is 0 Å². The maximum atomic E-state index is 11.0. The number of hydrogen-bond donors (Lipinski definition) is 2. The first-order valence-corrected chi connectivity index (χ1v) is 17.0. The van der Waals surface area contributed by atoms with Crippen molar-refractivity contribution in [1.82, 2.24) is 0 Å². The summed E-state index contributed by atoms with van der Waals surface area (Å²) in [5.41, 5.74) is 5.24. The molecule has 0 saturated heterocycles. The van der Waals surface area contributed by atoms with Crippen molar-refractivity contribution in [2.45, 2.75) is 77.7 Å². The smallest absolute Gasteiger partial charge is 0 e. The van der Waals surface area contributed by atoms with E-state index in [0.717, 1.165) is 27.8 Å². The fraction of sp³-hybridized carbons (Fsp3) is 0.333. The molecule has 0 aliphatic heterocycles. The molecule has 4 rings (SSSR count).